The van der Waals surface area contributed by atoms with Gasteiger partial charge in [-0.25, -0.2) is 0 Å². The Morgan fingerprint density at radius 1 is 1.06 bits per heavy atom. The van der Waals surface area contributed by atoms with E-state index in [1.165, 1.54) is 25.9 Å². The van der Waals surface area contributed by atoms with Crippen molar-refractivity contribution in [1.29, 1.82) is 0 Å². The third-order valence-electron chi connectivity index (χ3n) is 4.70. The Hall–Kier alpha value is -0.0800. The summed E-state index contributed by atoms with van der Waals surface area (Å²) < 4.78 is 5.15. The van der Waals surface area contributed by atoms with Gasteiger partial charge in [0.15, 0.2) is 0 Å². The Balaban J connectivity index is 2.50. The molecular formula is C14H29NO. The van der Waals surface area contributed by atoms with Gasteiger partial charge in [0.05, 0.1) is 6.61 Å². The molecule has 1 aliphatic rings. The van der Waals surface area contributed by atoms with Crippen LogP contribution in [-0.4, -0.2) is 38.3 Å². The third kappa shape index (κ3) is 2.98. The van der Waals surface area contributed by atoms with Crippen LogP contribution in [0.15, 0.2) is 0 Å². The molecule has 0 N–H and O–H groups in total. The number of nitrogens with zero attached hydrogens (tertiary/aromatic N) is 1. The van der Waals surface area contributed by atoms with Crippen molar-refractivity contribution in [3.05, 3.63) is 0 Å². The van der Waals surface area contributed by atoms with E-state index in [0.29, 0.717) is 5.41 Å². The number of hydrogen-bond donors (Lipinski definition) is 0. The Bertz CT molecular complexity index is 183. The molecule has 0 spiro atoms. The standard InChI is InChI=1S/C14H29NO/c1-12(2)14(13(3)4)6-8-15(9-7-14)10-11-16-5/h12-13H,6-11H2,1-5H3. The van der Waals surface area contributed by atoms with Crippen LogP contribution in [0.1, 0.15) is 40.5 Å². The second-order valence-electron chi connectivity index (χ2n) is 5.88. The number of methoxy groups -OCH3 is 1. The highest BCUT2D eigenvalue weighted by Crippen LogP contribution is 2.44. The first kappa shape index (κ1) is 14.0. The molecule has 0 aromatic carbocycles. The molecule has 0 bridgehead atoms. The summed E-state index contributed by atoms with van der Waals surface area (Å²) >= 11 is 0. The van der Waals surface area contributed by atoms with Gasteiger partial charge in [0, 0.05) is 13.7 Å². The van der Waals surface area contributed by atoms with Crippen molar-refractivity contribution in [3.63, 3.8) is 0 Å². The fraction of sp³-hybridized carbons (Fsp3) is 1.00. The summed E-state index contributed by atoms with van der Waals surface area (Å²) in [6.07, 6.45) is 2.71. The molecule has 1 saturated heterocycles. The maximum absolute atomic E-state index is 5.15. The van der Waals surface area contributed by atoms with E-state index in [9.17, 15) is 0 Å². The summed E-state index contributed by atoms with van der Waals surface area (Å²) in [6, 6.07) is 0. The molecule has 0 aliphatic carbocycles. The van der Waals surface area contributed by atoms with E-state index in [-0.39, 0.29) is 0 Å². The van der Waals surface area contributed by atoms with E-state index in [0.717, 1.165) is 25.0 Å². The topological polar surface area (TPSA) is 12.5 Å². The van der Waals surface area contributed by atoms with Crippen molar-refractivity contribution in [2.75, 3.05) is 33.4 Å². The zero-order chi connectivity index (χ0) is 12.2. The summed E-state index contributed by atoms with van der Waals surface area (Å²) in [7, 11) is 1.79. The molecule has 1 rings (SSSR count). The van der Waals surface area contributed by atoms with Crippen LogP contribution in [0.3, 0.4) is 0 Å². The zero-order valence-corrected chi connectivity index (χ0v) is 11.8. The van der Waals surface area contributed by atoms with E-state index in [1.807, 2.05) is 0 Å². The molecule has 0 atom stereocenters. The minimum atomic E-state index is 0.573. The zero-order valence-electron chi connectivity index (χ0n) is 11.8. The van der Waals surface area contributed by atoms with Crippen LogP contribution in [-0.2, 0) is 4.74 Å². The van der Waals surface area contributed by atoms with Crippen molar-refractivity contribution in [1.82, 2.24) is 4.90 Å². The summed E-state index contributed by atoms with van der Waals surface area (Å²) in [5.41, 5.74) is 0.573. The first-order valence-corrected chi connectivity index (χ1v) is 6.74. The van der Waals surface area contributed by atoms with Crippen molar-refractivity contribution in [2.45, 2.75) is 40.5 Å². The number of hydrogen-bond acceptors (Lipinski definition) is 2. The second-order valence-corrected chi connectivity index (χ2v) is 5.88. The van der Waals surface area contributed by atoms with E-state index in [1.54, 1.807) is 7.11 Å². The van der Waals surface area contributed by atoms with E-state index in [4.69, 9.17) is 4.74 Å². The van der Waals surface area contributed by atoms with Gasteiger partial charge in [0.2, 0.25) is 0 Å². The van der Waals surface area contributed by atoms with Gasteiger partial charge in [-0.2, -0.15) is 0 Å². The third-order valence-corrected chi connectivity index (χ3v) is 4.70. The van der Waals surface area contributed by atoms with Crippen LogP contribution in [0.2, 0.25) is 0 Å². The Morgan fingerprint density at radius 3 is 1.94 bits per heavy atom. The van der Waals surface area contributed by atoms with Gasteiger partial charge in [-0.15, -0.1) is 0 Å². The highest BCUT2D eigenvalue weighted by atomic mass is 16.5. The lowest BCUT2D eigenvalue weighted by Gasteiger charge is -2.47. The molecule has 16 heavy (non-hydrogen) atoms. The van der Waals surface area contributed by atoms with Crippen LogP contribution in [0, 0.1) is 17.3 Å². The Morgan fingerprint density at radius 2 is 1.56 bits per heavy atom. The Kier molecular flexibility index (Phi) is 5.26. The maximum Gasteiger partial charge on any atom is 0.0589 e. The highest BCUT2D eigenvalue weighted by Gasteiger charge is 2.39. The molecule has 96 valence electrons. The summed E-state index contributed by atoms with van der Waals surface area (Å²) in [5.74, 6) is 1.61. The molecule has 0 aromatic heterocycles. The van der Waals surface area contributed by atoms with Gasteiger partial charge in [0.1, 0.15) is 0 Å². The fourth-order valence-electron chi connectivity index (χ4n) is 3.23. The number of rotatable bonds is 5. The molecule has 1 aliphatic heterocycles. The van der Waals surface area contributed by atoms with Gasteiger partial charge in [-0.1, -0.05) is 27.7 Å². The normalized spacial score (nSPS) is 21.9. The van der Waals surface area contributed by atoms with Crippen molar-refractivity contribution in [3.8, 4) is 0 Å². The predicted molar refractivity (Wildman–Crippen MR) is 69.7 cm³/mol. The number of piperidine rings is 1. The first-order chi connectivity index (χ1) is 7.53. The van der Waals surface area contributed by atoms with Crippen molar-refractivity contribution < 1.29 is 4.74 Å². The second kappa shape index (κ2) is 6.02. The smallest absolute Gasteiger partial charge is 0.0589 e. The monoisotopic (exact) mass is 227 g/mol. The average molecular weight is 227 g/mol. The molecule has 0 radical (unpaired) electrons. The van der Waals surface area contributed by atoms with Crippen LogP contribution >= 0.6 is 0 Å². The molecule has 0 amide bonds. The van der Waals surface area contributed by atoms with Crippen LogP contribution < -0.4 is 0 Å². The van der Waals surface area contributed by atoms with Gasteiger partial charge < -0.3 is 9.64 Å². The van der Waals surface area contributed by atoms with Gasteiger partial charge in [0.25, 0.3) is 0 Å². The van der Waals surface area contributed by atoms with Crippen LogP contribution in [0.25, 0.3) is 0 Å². The van der Waals surface area contributed by atoms with Gasteiger partial charge >= 0.3 is 0 Å². The molecule has 2 heteroatoms. The van der Waals surface area contributed by atoms with Crippen molar-refractivity contribution in [2.24, 2.45) is 17.3 Å². The van der Waals surface area contributed by atoms with Gasteiger partial charge in [-0.05, 0) is 43.2 Å². The van der Waals surface area contributed by atoms with E-state index in [2.05, 4.69) is 32.6 Å². The van der Waals surface area contributed by atoms with Crippen LogP contribution in [0.4, 0.5) is 0 Å². The molecule has 1 fully saturated rings. The average Bonchev–Trinajstić information content (AvgIpc) is 2.26. The summed E-state index contributed by atoms with van der Waals surface area (Å²) in [6.45, 7) is 14.0. The van der Waals surface area contributed by atoms with E-state index >= 15 is 0 Å². The lowest BCUT2D eigenvalue weighted by molar-refractivity contribution is 0.0117. The quantitative estimate of drug-likeness (QED) is 0.716. The molecule has 0 unspecified atom stereocenters. The lowest BCUT2D eigenvalue weighted by Crippen LogP contribution is -2.46. The van der Waals surface area contributed by atoms with Crippen molar-refractivity contribution >= 4 is 0 Å². The maximum atomic E-state index is 5.15. The predicted octanol–water partition coefficient (Wildman–Crippen LogP) is 3.03. The fourth-order valence-corrected chi connectivity index (χ4v) is 3.23. The number of likely N-dealkylation sites (tertiary alicyclic amines) is 1. The Labute approximate surface area is 101 Å². The largest absolute Gasteiger partial charge is 0.383 e. The van der Waals surface area contributed by atoms with E-state index < -0.39 is 0 Å². The molecule has 1 heterocycles. The highest BCUT2D eigenvalue weighted by molar-refractivity contribution is 4.90. The lowest BCUT2D eigenvalue weighted by atomic mass is 9.63. The first-order valence-electron chi connectivity index (χ1n) is 6.74. The minimum absolute atomic E-state index is 0.573. The molecule has 0 aromatic rings. The molecular weight excluding hydrogens is 198 g/mol. The molecule has 2 nitrogen and oxygen atoms in total. The number of ether oxygens (including phenoxy) is 1. The van der Waals surface area contributed by atoms with Gasteiger partial charge in [-0.3, -0.25) is 0 Å². The van der Waals surface area contributed by atoms with Crippen LogP contribution in [0.5, 0.6) is 0 Å². The summed E-state index contributed by atoms with van der Waals surface area (Å²) in [5, 5.41) is 0. The molecule has 0 saturated carbocycles. The SMILES string of the molecule is COCCN1CCC(C(C)C)(C(C)C)CC1. The summed E-state index contributed by atoms with van der Waals surface area (Å²) in [4.78, 5) is 2.55. The minimum Gasteiger partial charge on any atom is -0.383 e.